The number of para-hydroxylation sites is 1. The van der Waals surface area contributed by atoms with Gasteiger partial charge in [0, 0.05) is 11.6 Å². The molecule has 2 unspecified atom stereocenters. The highest BCUT2D eigenvalue weighted by Gasteiger charge is 2.19. The van der Waals surface area contributed by atoms with Crippen molar-refractivity contribution in [3.63, 3.8) is 0 Å². The summed E-state index contributed by atoms with van der Waals surface area (Å²) in [7, 11) is 0. The highest BCUT2D eigenvalue weighted by atomic mass is 16.3. The molecule has 0 amide bonds. The Bertz CT molecular complexity index is 507. The van der Waals surface area contributed by atoms with Crippen LogP contribution in [0.4, 0.5) is 0 Å². The molecule has 2 nitrogen and oxygen atoms in total. The van der Waals surface area contributed by atoms with E-state index in [0.29, 0.717) is 5.92 Å². The van der Waals surface area contributed by atoms with Gasteiger partial charge in [-0.15, -0.1) is 0 Å². The second-order valence-corrected chi connectivity index (χ2v) is 5.01. The maximum absolute atomic E-state index is 10.3. The lowest BCUT2D eigenvalue weighted by atomic mass is 9.88. The number of rotatable bonds is 3. The van der Waals surface area contributed by atoms with Crippen LogP contribution in [0.1, 0.15) is 32.4 Å². The fourth-order valence-corrected chi connectivity index (χ4v) is 1.92. The summed E-state index contributed by atoms with van der Waals surface area (Å²) >= 11 is 0. The van der Waals surface area contributed by atoms with Gasteiger partial charge >= 0.3 is 0 Å². The van der Waals surface area contributed by atoms with Crippen LogP contribution < -0.4 is 0 Å². The van der Waals surface area contributed by atoms with Gasteiger partial charge in [-0.05, 0) is 29.5 Å². The Morgan fingerprint density at radius 3 is 2.53 bits per heavy atom. The van der Waals surface area contributed by atoms with Gasteiger partial charge in [-0.2, -0.15) is 0 Å². The fraction of sp³-hybridized carbons (Fsp3) is 0.400. The van der Waals surface area contributed by atoms with Gasteiger partial charge in [0.1, 0.15) is 0 Å². The van der Waals surface area contributed by atoms with Crippen molar-refractivity contribution in [3.8, 4) is 0 Å². The first-order valence-electron chi connectivity index (χ1n) is 6.12. The van der Waals surface area contributed by atoms with E-state index in [0.717, 1.165) is 16.5 Å². The number of aliphatic hydroxyl groups excluding tert-OH is 1. The zero-order valence-electron chi connectivity index (χ0n) is 10.6. The lowest BCUT2D eigenvalue weighted by Crippen LogP contribution is -2.15. The molecule has 2 heteroatoms. The summed E-state index contributed by atoms with van der Waals surface area (Å²) < 4.78 is 0. The fourth-order valence-electron chi connectivity index (χ4n) is 1.92. The van der Waals surface area contributed by atoms with Crippen molar-refractivity contribution < 1.29 is 5.11 Å². The Morgan fingerprint density at radius 2 is 1.82 bits per heavy atom. The molecule has 0 aliphatic rings. The summed E-state index contributed by atoms with van der Waals surface area (Å²) in [5, 5.41) is 11.4. The number of fused-ring (bicyclic) bond motifs is 1. The molecule has 0 aliphatic carbocycles. The van der Waals surface area contributed by atoms with Crippen LogP contribution in [-0.4, -0.2) is 10.1 Å². The molecule has 1 N–H and O–H groups in total. The smallest absolute Gasteiger partial charge is 0.0833 e. The lowest BCUT2D eigenvalue weighted by Gasteiger charge is -2.22. The molecule has 2 aromatic rings. The van der Waals surface area contributed by atoms with Gasteiger partial charge in [-0.3, -0.25) is 4.98 Å². The van der Waals surface area contributed by atoms with Crippen molar-refractivity contribution in [2.45, 2.75) is 26.9 Å². The van der Waals surface area contributed by atoms with Crippen molar-refractivity contribution >= 4 is 10.9 Å². The van der Waals surface area contributed by atoms with E-state index in [4.69, 9.17) is 0 Å². The third-order valence-corrected chi connectivity index (χ3v) is 3.50. The minimum absolute atomic E-state index is 0.234. The highest BCUT2D eigenvalue weighted by Crippen LogP contribution is 2.28. The van der Waals surface area contributed by atoms with Gasteiger partial charge in [0.25, 0.3) is 0 Å². The number of hydrogen-bond acceptors (Lipinski definition) is 2. The summed E-state index contributed by atoms with van der Waals surface area (Å²) in [4.78, 5) is 4.38. The monoisotopic (exact) mass is 229 g/mol. The summed E-state index contributed by atoms with van der Waals surface area (Å²) in [5.74, 6) is 0.689. The number of pyridine rings is 1. The van der Waals surface area contributed by atoms with Gasteiger partial charge in [0.05, 0.1) is 11.6 Å². The number of aromatic nitrogens is 1. The van der Waals surface area contributed by atoms with Crippen LogP contribution >= 0.6 is 0 Å². The van der Waals surface area contributed by atoms with E-state index in [1.54, 1.807) is 6.20 Å². The number of aliphatic hydroxyl groups is 1. The van der Waals surface area contributed by atoms with Gasteiger partial charge in [-0.1, -0.05) is 39.0 Å². The van der Waals surface area contributed by atoms with Crippen molar-refractivity contribution in [1.29, 1.82) is 0 Å². The van der Waals surface area contributed by atoms with Gasteiger partial charge < -0.3 is 5.11 Å². The molecule has 1 aromatic heterocycles. The van der Waals surface area contributed by atoms with Crippen LogP contribution in [0, 0.1) is 11.8 Å². The first kappa shape index (κ1) is 12.1. The molecule has 0 bridgehead atoms. The molecular weight excluding hydrogens is 210 g/mol. The molecule has 1 aromatic carbocycles. The highest BCUT2D eigenvalue weighted by molar-refractivity contribution is 5.78. The van der Waals surface area contributed by atoms with E-state index < -0.39 is 6.10 Å². The Morgan fingerprint density at radius 1 is 1.12 bits per heavy atom. The first-order chi connectivity index (χ1) is 8.09. The number of nitrogens with zero attached hydrogens (tertiary/aromatic N) is 1. The van der Waals surface area contributed by atoms with Crippen LogP contribution in [0.15, 0.2) is 36.5 Å². The van der Waals surface area contributed by atoms with E-state index in [-0.39, 0.29) is 5.92 Å². The second kappa shape index (κ2) is 4.84. The molecule has 0 radical (unpaired) electrons. The molecule has 2 atom stereocenters. The summed E-state index contributed by atoms with van der Waals surface area (Å²) in [6.45, 7) is 6.33. The third kappa shape index (κ3) is 2.47. The third-order valence-electron chi connectivity index (χ3n) is 3.50. The van der Waals surface area contributed by atoms with Crippen LogP contribution in [0.2, 0.25) is 0 Å². The van der Waals surface area contributed by atoms with E-state index >= 15 is 0 Å². The lowest BCUT2D eigenvalue weighted by molar-refractivity contribution is 0.0919. The van der Waals surface area contributed by atoms with Crippen LogP contribution in [-0.2, 0) is 0 Å². The SMILES string of the molecule is CC(C)C(C)C(O)c1cnc2ccccc2c1. The average Bonchev–Trinajstić information content (AvgIpc) is 2.36. The van der Waals surface area contributed by atoms with Crippen molar-refractivity contribution in [3.05, 3.63) is 42.1 Å². The van der Waals surface area contributed by atoms with E-state index in [1.165, 1.54) is 0 Å². The maximum atomic E-state index is 10.3. The second-order valence-electron chi connectivity index (χ2n) is 5.01. The summed E-state index contributed by atoms with van der Waals surface area (Å²) in [5.41, 5.74) is 1.88. The zero-order chi connectivity index (χ0) is 12.4. The molecule has 90 valence electrons. The molecule has 0 spiro atoms. The molecule has 0 aliphatic heterocycles. The predicted molar refractivity (Wildman–Crippen MR) is 70.7 cm³/mol. The quantitative estimate of drug-likeness (QED) is 0.873. The van der Waals surface area contributed by atoms with E-state index in [9.17, 15) is 5.11 Å². The van der Waals surface area contributed by atoms with Crippen LogP contribution in [0.5, 0.6) is 0 Å². The molecule has 0 fully saturated rings. The number of benzene rings is 1. The van der Waals surface area contributed by atoms with Crippen LogP contribution in [0.3, 0.4) is 0 Å². The van der Waals surface area contributed by atoms with Gasteiger partial charge in [-0.25, -0.2) is 0 Å². The van der Waals surface area contributed by atoms with Crippen molar-refractivity contribution in [2.75, 3.05) is 0 Å². The molecule has 1 heterocycles. The first-order valence-corrected chi connectivity index (χ1v) is 6.12. The normalized spacial score (nSPS) is 15.1. The standard InChI is InChI=1S/C15H19NO/c1-10(2)11(3)15(17)13-8-12-6-4-5-7-14(12)16-9-13/h4-11,15,17H,1-3H3. The molecule has 2 rings (SSSR count). The van der Waals surface area contributed by atoms with Crippen molar-refractivity contribution in [1.82, 2.24) is 4.98 Å². The van der Waals surface area contributed by atoms with Crippen molar-refractivity contribution in [2.24, 2.45) is 11.8 Å². The Kier molecular flexibility index (Phi) is 3.43. The summed E-state index contributed by atoms with van der Waals surface area (Å²) in [6, 6.07) is 10.0. The molecule has 0 saturated heterocycles. The Hall–Kier alpha value is -1.41. The minimum Gasteiger partial charge on any atom is -0.388 e. The Balaban J connectivity index is 2.36. The molecular formula is C15H19NO. The van der Waals surface area contributed by atoms with E-state index in [2.05, 4.69) is 25.8 Å². The average molecular weight is 229 g/mol. The van der Waals surface area contributed by atoms with Gasteiger partial charge in [0.15, 0.2) is 0 Å². The van der Waals surface area contributed by atoms with Gasteiger partial charge in [0.2, 0.25) is 0 Å². The van der Waals surface area contributed by atoms with Crippen LogP contribution in [0.25, 0.3) is 10.9 Å². The maximum Gasteiger partial charge on any atom is 0.0833 e. The topological polar surface area (TPSA) is 33.1 Å². The number of hydrogen-bond donors (Lipinski definition) is 1. The molecule has 17 heavy (non-hydrogen) atoms. The Labute approximate surface area is 102 Å². The largest absolute Gasteiger partial charge is 0.388 e. The molecule has 0 saturated carbocycles. The predicted octanol–water partition coefficient (Wildman–Crippen LogP) is 3.56. The minimum atomic E-state index is -0.438. The van der Waals surface area contributed by atoms with E-state index in [1.807, 2.05) is 30.3 Å². The zero-order valence-corrected chi connectivity index (χ0v) is 10.6. The summed E-state index contributed by atoms with van der Waals surface area (Å²) in [6.07, 6.45) is 1.35.